The molecule has 5 rings (SSSR count). The molecule has 1 aliphatic heterocycles. The Balaban J connectivity index is 1.53. The van der Waals surface area contributed by atoms with Crippen molar-refractivity contribution in [3.05, 3.63) is 70.2 Å². The van der Waals surface area contributed by atoms with Crippen LogP contribution in [0.25, 0.3) is 23.1 Å². The van der Waals surface area contributed by atoms with Crippen LogP contribution in [0.2, 0.25) is 0 Å². The number of nitrogens with one attached hydrogen (secondary N) is 1. The third-order valence-electron chi connectivity index (χ3n) is 5.74. The Bertz CT molecular complexity index is 1600. The highest BCUT2D eigenvalue weighted by atomic mass is 31.2. The summed E-state index contributed by atoms with van der Waals surface area (Å²) < 4.78 is 26.4. The van der Waals surface area contributed by atoms with E-state index in [4.69, 9.17) is 18.9 Å². The maximum absolute atomic E-state index is 11.1. The van der Waals surface area contributed by atoms with E-state index < -0.39 is 12.7 Å². The second kappa shape index (κ2) is 11.1. The molecule has 1 saturated heterocycles. The molecule has 39 heavy (non-hydrogen) atoms. The number of rotatable bonds is 8. The third kappa shape index (κ3) is 6.59. The highest BCUT2D eigenvalue weighted by Crippen LogP contribution is 2.38. The van der Waals surface area contributed by atoms with Crippen LogP contribution in [0.1, 0.15) is 11.6 Å². The number of hydrogen-bond acceptors (Lipinski definition) is 10. The molecule has 0 aliphatic carbocycles. The van der Waals surface area contributed by atoms with E-state index in [1.54, 1.807) is 18.2 Å². The van der Waals surface area contributed by atoms with E-state index in [9.17, 15) is 14.7 Å². The largest absolute Gasteiger partial charge is 0.524 e. The van der Waals surface area contributed by atoms with Gasteiger partial charge in [-0.25, -0.2) is 14.5 Å². The first-order valence-corrected chi connectivity index (χ1v) is 13.7. The minimum atomic E-state index is -4.68. The van der Waals surface area contributed by atoms with Crippen LogP contribution in [0.4, 0.5) is 23.1 Å². The van der Waals surface area contributed by atoms with Gasteiger partial charge in [-0.2, -0.15) is 0 Å². The average Bonchev–Trinajstić information content (AvgIpc) is 3.37. The van der Waals surface area contributed by atoms with Crippen LogP contribution in [0.5, 0.6) is 5.75 Å². The first kappa shape index (κ1) is 26.7. The first-order valence-electron chi connectivity index (χ1n) is 11.6. The fourth-order valence-electron chi connectivity index (χ4n) is 4.01. The van der Waals surface area contributed by atoms with Gasteiger partial charge in [-0.1, -0.05) is 0 Å². The Morgan fingerprint density at radius 1 is 1.10 bits per heavy atom. The third-order valence-corrected chi connectivity index (χ3v) is 6.65. The Labute approximate surface area is 224 Å². The van der Waals surface area contributed by atoms with Crippen molar-refractivity contribution in [2.24, 2.45) is 0 Å². The summed E-state index contributed by atoms with van der Waals surface area (Å²) in [5.41, 5.74) is 2.24. The maximum Gasteiger partial charge on any atom is 0.524 e. The maximum atomic E-state index is 11.1. The van der Waals surface area contributed by atoms with Crippen molar-refractivity contribution in [2.45, 2.75) is 0 Å². The standard InChI is InChI=1S/C24H23N5O8P2/c30-29(31)23-8-6-16(36-23)5-7-22-26-19-14-21(38)20(28-9-11-35-12-10-28)13-18(19)24(27-22)25-15-1-3-17(4-2-15)37-39(32,33)34/h1-8,13-14H,9-12,38H2,(H,25,26,27)(H2,32,33,34)/b7-5+. The summed E-state index contributed by atoms with van der Waals surface area (Å²) in [6.45, 7) is 2.74. The molecule has 2 aromatic carbocycles. The summed E-state index contributed by atoms with van der Waals surface area (Å²) in [6.07, 6.45) is 3.12. The van der Waals surface area contributed by atoms with Crippen LogP contribution < -0.4 is 20.0 Å². The van der Waals surface area contributed by atoms with Crippen LogP contribution in [-0.4, -0.2) is 51.0 Å². The molecule has 1 fully saturated rings. The average molecular weight is 571 g/mol. The lowest BCUT2D eigenvalue weighted by molar-refractivity contribution is -0.402. The highest BCUT2D eigenvalue weighted by molar-refractivity contribution is 7.46. The van der Waals surface area contributed by atoms with Crippen molar-refractivity contribution < 1.29 is 33.0 Å². The molecule has 4 aromatic rings. The molecule has 3 heterocycles. The van der Waals surface area contributed by atoms with Crippen molar-refractivity contribution in [1.29, 1.82) is 0 Å². The quantitative estimate of drug-likeness (QED) is 0.159. The van der Waals surface area contributed by atoms with Gasteiger partial charge in [0.25, 0.3) is 0 Å². The molecule has 1 unspecified atom stereocenters. The van der Waals surface area contributed by atoms with E-state index in [1.807, 2.05) is 12.1 Å². The molecule has 0 bridgehead atoms. The van der Waals surface area contributed by atoms with Crippen LogP contribution in [-0.2, 0) is 9.30 Å². The smallest absolute Gasteiger partial charge is 0.404 e. The number of morpholine rings is 1. The Kier molecular flexibility index (Phi) is 7.60. The minimum Gasteiger partial charge on any atom is -0.404 e. The molecular formula is C24H23N5O8P2. The van der Waals surface area contributed by atoms with Gasteiger partial charge in [0.15, 0.2) is 5.82 Å². The van der Waals surface area contributed by atoms with Crippen molar-refractivity contribution in [3.63, 3.8) is 0 Å². The molecular weight excluding hydrogens is 548 g/mol. The summed E-state index contributed by atoms with van der Waals surface area (Å²) in [6, 6.07) is 12.7. The molecule has 0 radical (unpaired) electrons. The zero-order valence-corrected chi connectivity index (χ0v) is 22.3. The topological polar surface area (TPSA) is 173 Å². The Morgan fingerprint density at radius 2 is 1.85 bits per heavy atom. The number of benzene rings is 2. The number of hydrogen-bond donors (Lipinski definition) is 3. The normalized spacial score (nSPS) is 14.2. The van der Waals surface area contributed by atoms with E-state index in [2.05, 4.69) is 33.9 Å². The lowest BCUT2D eigenvalue weighted by Crippen LogP contribution is -2.38. The van der Waals surface area contributed by atoms with Gasteiger partial charge in [-0.3, -0.25) is 19.9 Å². The molecule has 1 atom stereocenters. The molecule has 2 aromatic heterocycles. The number of ether oxygens (including phenoxy) is 1. The lowest BCUT2D eigenvalue weighted by atomic mass is 10.1. The summed E-state index contributed by atoms with van der Waals surface area (Å²) in [5, 5.41) is 15.8. The molecule has 0 amide bonds. The number of nitrogens with zero attached hydrogens (tertiary/aromatic N) is 4. The second-order valence-electron chi connectivity index (χ2n) is 8.46. The summed E-state index contributed by atoms with van der Waals surface area (Å²) in [7, 11) is -1.94. The molecule has 13 nitrogen and oxygen atoms in total. The summed E-state index contributed by atoms with van der Waals surface area (Å²) >= 11 is 0. The van der Waals surface area contributed by atoms with E-state index >= 15 is 0 Å². The fourth-order valence-corrected chi connectivity index (χ4v) is 4.83. The predicted molar refractivity (Wildman–Crippen MR) is 149 cm³/mol. The number of phosphoric acid groups is 1. The fraction of sp³-hybridized carbons (Fsp3) is 0.167. The summed E-state index contributed by atoms with van der Waals surface area (Å²) in [4.78, 5) is 39.9. The molecule has 202 valence electrons. The highest BCUT2D eigenvalue weighted by Gasteiger charge is 2.18. The van der Waals surface area contributed by atoms with Gasteiger partial charge in [-0.05, 0) is 59.9 Å². The zero-order valence-electron chi connectivity index (χ0n) is 20.3. The molecule has 3 N–H and O–H groups in total. The van der Waals surface area contributed by atoms with E-state index in [-0.39, 0.29) is 17.4 Å². The number of nitro groups is 1. The van der Waals surface area contributed by atoms with E-state index in [1.165, 1.54) is 30.3 Å². The van der Waals surface area contributed by atoms with Crippen molar-refractivity contribution in [2.75, 3.05) is 36.5 Å². The van der Waals surface area contributed by atoms with Gasteiger partial charge < -0.3 is 23.9 Å². The van der Waals surface area contributed by atoms with Gasteiger partial charge in [0.1, 0.15) is 22.3 Å². The van der Waals surface area contributed by atoms with E-state index in [0.717, 1.165) is 29.5 Å². The van der Waals surface area contributed by atoms with Crippen molar-refractivity contribution in [1.82, 2.24) is 9.97 Å². The SMILES string of the molecule is O=[N+]([O-])c1ccc(/C=C/c2nc(Nc3ccc(OP(=O)(O)O)cc3)c3cc(N4CCOCC4)c(P)cc3n2)o1. The minimum absolute atomic E-state index is 0.0137. The van der Waals surface area contributed by atoms with Gasteiger partial charge >= 0.3 is 13.7 Å². The number of furan rings is 1. The Hall–Kier alpha value is -3.86. The predicted octanol–water partition coefficient (Wildman–Crippen LogP) is 3.85. The Morgan fingerprint density at radius 3 is 2.51 bits per heavy atom. The van der Waals surface area contributed by atoms with Gasteiger partial charge in [0.2, 0.25) is 0 Å². The molecule has 0 spiro atoms. The van der Waals surface area contributed by atoms with E-state index in [0.29, 0.717) is 36.1 Å². The van der Waals surface area contributed by atoms with Gasteiger partial charge in [0, 0.05) is 29.9 Å². The number of aromatic nitrogens is 2. The summed E-state index contributed by atoms with van der Waals surface area (Å²) in [5.74, 6) is 0.725. The number of fused-ring (bicyclic) bond motifs is 1. The van der Waals surface area contributed by atoms with Crippen LogP contribution >= 0.6 is 17.1 Å². The molecule has 15 heteroatoms. The van der Waals surface area contributed by atoms with Crippen LogP contribution in [0, 0.1) is 10.1 Å². The number of anilines is 3. The number of phosphoric ester groups is 1. The second-order valence-corrected chi connectivity index (χ2v) is 10.2. The first-order chi connectivity index (χ1) is 18.6. The zero-order chi connectivity index (χ0) is 27.6. The molecule has 1 aliphatic rings. The van der Waals surface area contributed by atoms with Crippen molar-refractivity contribution in [3.8, 4) is 5.75 Å². The lowest BCUT2D eigenvalue weighted by Gasteiger charge is -2.30. The molecule has 0 saturated carbocycles. The van der Waals surface area contributed by atoms with Crippen molar-refractivity contribution >= 4 is 68.5 Å². The monoisotopic (exact) mass is 571 g/mol. The van der Waals surface area contributed by atoms with Crippen LogP contribution in [0.15, 0.2) is 52.9 Å². The van der Waals surface area contributed by atoms with Gasteiger partial charge in [0.05, 0.1) is 24.8 Å². The van der Waals surface area contributed by atoms with Gasteiger partial charge in [-0.15, -0.1) is 9.24 Å². The van der Waals surface area contributed by atoms with Crippen LogP contribution in [0.3, 0.4) is 0 Å².